The first-order valence-electron chi connectivity index (χ1n) is 12.9. The summed E-state index contributed by atoms with van der Waals surface area (Å²) in [4.78, 5) is 19.6. The molecule has 7 nitrogen and oxygen atoms in total. The van der Waals surface area contributed by atoms with Crippen LogP contribution in [0, 0.1) is 11.3 Å². The Hall–Kier alpha value is -3.16. The molecule has 2 unspecified atom stereocenters. The van der Waals surface area contributed by atoms with Crippen molar-refractivity contribution in [1.29, 1.82) is 0 Å². The molecule has 2 aliphatic rings. The Bertz CT molecular complexity index is 1200. The van der Waals surface area contributed by atoms with E-state index in [2.05, 4.69) is 41.3 Å². The van der Waals surface area contributed by atoms with Gasteiger partial charge in [-0.2, -0.15) is 0 Å². The second kappa shape index (κ2) is 10.4. The van der Waals surface area contributed by atoms with E-state index in [4.69, 9.17) is 9.47 Å². The number of morpholine rings is 1. The number of urea groups is 1. The van der Waals surface area contributed by atoms with Crippen molar-refractivity contribution in [1.82, 2.24) is 15.2 Å². The molecule has 7 heteroatoms. The van der Waals surface area contributed by atoms with E-state index < -0.39 is 0 Å². The van der Waals surface area contributed by atoms with Crippen LogP contribution in [-0.2, 0) is 11.3 Å². The van der Waals surface area contributed by atoms with Gasteiger partial charge in [0.25, 0.3) is 0 Å². The summed E-state index contributed by atoms with van der Waals surface area (Å²) in [5, 5.41) is 8.04. The number of fused-ring (bicyclic) bond motifs is 1. The van der Waals surface area contributed by atoms with Crippen LogP contribution in [0.1, 0.15) is 39.3 Å². The van der Waals surface area contributed by atoms with Gasteiger partial charge in [0.2, 0.25) is 0 Å². The lowest BCUT2D eigenvalue weighted by molar-refractivity contribution is 0.0336. The van der Waals surface area contributed by atoms with Crippen LogP contribution in [0.25, 0.3) is 10.8 Å². The van der Waals surface area contributed by atoms with Gasteiger partial charge in [0, 0.05) is 36.4 Å². The van der Waals surface area contributed by atoms with Crippen LogP contribution in [0.5, 0.6) is 11.5 Å². The number of nitrogens with one attached hydrogen (secondary N) is 2. The quantitative estimate of drug-likeness (QED) is 0.439. The fourth-order valence-electron chi connectivity index (χ4n) is 4.91. The highest BCUT2D eigenvalue weighted by molar-refractivity contribution is 6.04. The molecular weight excluding hydrogens is 452 g/mol. The Morgan fingerprint density at radius 1 is 1.08 bits per heavy atom. The molecule has 2 fully saturated rings. The molecule has 3 aromatic rings. The zero-order valence-corrected chi connectivity index (χ0v) is 21.4. The van der Waals surface area contributed by atoms with Gasteiger partial charge < -0.3 is 20.1 Å². The summed E-state index contributed by atoms with van der Waals surface area (Å²) in [6.45, 7) is 11.0. The topological polar surface area (TPSA) is 75.7 Å². The predicted octanol–water partition coefficient (Wildman–Crippen LogP) is 5.81. The first-order valence-corrected chi connectivity index (χ1v) is 12.9. The van der Waals surface area contributed by atoms with Crippen molar-refractivity contribution >= 4 is 22.5 Å². The smallest absolute Gasteiger partial charge is 0.319 e. The fourth-order valence-corrected chi connectivity index (χ4v) is 4.91. The number of amides is 2. The highest BCUT2D eigenvalue weighted by Gasteiger charge is 2.40. The van der Waals surface area contributed by atoms with Crippen molar-refractivity contribution < 1.29 is 14.3 Å². The van der Waals surface area contributed by atoms with Crippen molar-refractivity contribution in [2.75, 3.05) is 31.6 Å². The van der Waals surface area contributed by atoms with E-state index in [0.29, 0.717) is 11.7 Å². The Labute approximate surface area is 213 Å². The van der Waals surface area contributed by atoms with Crippen LogP contribution in [0.4, 0.5) is 10.5 Å². The number of benzene rings is 2. The third-order valence-corrected chi connectivity index (χ3v) is 6.76. The van der Waals surface area contributed by atoms with Crippen LogP contribution in [0.3, 0.4) is 0 Å². The van der Waals surface area contributed by atoms with E-state index in [-0.39, 0.29) is 17.5 Å². The Balaban J connectivity index is 1.23. The van der Waals surface area contributed by atoms with Crippen molar-refractivity contribution in [3.63, 3.8) is 0 Å². The number of hydrogen-bond acceptors (Lipinski definition) is 5. The van der Waals surface area contributed by atoms with E-state index in [1.54, 1.807) is 6.20 Å². The Kier molecular flexibility index (Phi) is 7.12. The molecule has 2 atom stereocenters. The summed E-state index contributed by atoms with van der Waals surface area (Å²) < 4.78 is 11.6. The number of aromatic nitrogens is 1. The van der Waals surface area contributed by atoms with Crippen LogP contribution < -0.4 is 15.4 Å². The second-order valence-corrected chi connectivity index (χ2v) is 11.1. The summed E-state index contributed by atoms with van der Waals surface area (Å²) in [6.07, 6.45) is 3.95. The lowest BCUT2D eigenvalue weighted by Crippen LogP contribution is -2.35. The second-order valence-electron chi connectivity index (χ2n) is 11.1. The molecule has 1 saturated carbocycles. The van der Waals surface area contributed by atoms with Crippen LogP contribution in [-0.4, -0.2) is 48.3 Å². The zero-order chi connectivity index (χ0) is 25.1. The number of ether oxygens (including phenoxy) is 2. The summed E-state index contributed by atoms with van der Waals surface area (Å²) in [5.41, 5.74) is 2.06. The molecule has 1 saturated heterocycles. The summed E-state index contributed by atoms with van der Waals surface area (Å²) in [6, 6.07) is 15.8. The zero-order valence-electron chi connectivity index (χ0n) is 21.4. The number of nitrogens with zero attached hydrogens (tertiary/aromatic N) is 2. The molecule has 0 spiro atoms. The van der Waals surface area contributed by atoms with Gasteiger partial charge in [0.05, 0.1) is 30.8 Å². The van der Waals surface area contributed by atoms with Crippen LogP contribution in [0.2, 0.25) is 0 Å². The van der Waals surface area contributed by atoms with Crippen LogP contribution in [0.15, 0.2) is 54.7 Å². The van der Waals surface area contributed by atoms with Crippen molar-refractivity contribution in [3.05, 3.63) is 60.4 Å². The molecule has 2 aromatic carbocycles. The monoisotopic (exact) mass is 488 g/mol. The molecule has 1 aliphatic carbocycles. The molecule has 0 radical (unpaired) electrons. The highest BCUT2D eigenvalue weighted by atomic mass is 16.5. The molecule has 1 aromatic heterocycles. The molecule has 0 bridgehead atoms. The molecule has 1 aliphatic heterocycles. The third-order valence-electron chi connectivity index (χ3n) is 6.76. The molecular formula is C29H36N4O3. The van der Waals surface area contributed by atoms with E-state index in [0.717, 1.165) is 73.6 Å². The first kappa shape index (κ1) is 24.5. The number of rotatable bonds is 7. The maximum Gasteiger partial charge on any atom is 0.319 e. The lowest BCUT2D eigenvalue weighted by atomic mass is 9.89. The van der Waals surface area contributed by atoms with Crippen molar-refractivity contribution in [2.24, 2.45) is 11.3 Å². The Morgan fingerprint density at radius 3 is 2.58 bits per heavy atom. The number of carbonyl (C=O) groups excluding carboxylic acids is 1. The normalized spacial score (nSPS) is 20.2. The standard InChI is InChI=1S/C29H36N4O3/c1-29(2,3)17-20-16-26(20)32-28(34)31-25-10-11-27(24-7-5-4-6-23(24)25)36-22-9-8-21(30-18-22)19-33-12-14-35-15-13-33/h4-11,18,20,26H,12-17,19H2,1-3H3,(H2,31,32,34). The average Bonchev–Trinajstić information content (AvgIpc) is 3.57. The summed E-state index contributed by atoms with van der Waals surface area (Å²) in [7, 11) is 0. The van der Waals surface area contributed by atoms with Gasteiger partial charge in [0.1, 0.15) is 11.5 Å². The minimum atomic E-state index is -0.157. The Morgan fingerprint density at radius 2 is 1.86 bits per heavy atom. The molecule has 36 heavy (non-hydrogen) atoms. The predicted molar refractivity (Wildman–Crippen MR) is 142 cm³/mol. The summed E-state index contributed by atoms with van der Waals surface area (Å²) >= 11 is 0. The van der Waals surface area contributed by atoms with E-state index >= 15 is 0 Å². The molecule has 2 heterocycles. The van der Waals surface area contributed by atoms with Crippen molar-refractivity contribution in [2.45, 2.75) is 46.2 Å². The van der Waals surface area contributed by atoms with Gasteiger partial charge in [-0.15, -0.1) is 0 Å². The van der Waals surface area contributed by atoms with Gasteiger partial charge in [-0.25, -0.2) is 4.79 Å². The highest BCUT2D eigenvalue weighted by Crippen LogP contribution is 2.40. The first-order chi connectivity index (χ1) is 17.3. The largest absolute Gasteiger partial charge is 0.455 e. The number of pyridine rings is 1. The van der Waals surface area contributed by atoms with Crippen molar-refractivity contribution in [3.8, 4) is 11.5 Å². The SMILES string of the molecule is CC(C)(C)CC1CC1NC(=O)Nc1ccc(Oc2ccc(CN3CCOCC3)nc2)c2ccccc12. The average molecular weight is 489 g/mol. The molecule has 5 rings (SSSR count). The van der Waals surface area contributed by atoms with Gasteiger partial charge in [-0.1, -0.05) is 45.0 Å². The molecule has 2 N–H and O–H groups in total. The maximum absolute atomic E-state index is 12.7. The number of hydrogen-bond donors (Lipinski definition) is 2. The van der Waals surface area contributed by atoms with Crippen LogP contribution >= 0.6 is 0 Å². The van der Waals surface area contributed by atoms with E-state index in [1.807, 2.05) is 48.5 Å². The minimum absolute atomic E-state index is 0.157. The van der Waals surface area contributed by atoms with E-state index in [9.17, 15) is 4.79 Å². The summed E-state index contributed by atoms with van der Waals surface area (Å²) in [5.74, 6) is 1.98. The van der Waals surface area contributed by atoms with Gasteiger partial charge >= 0.3 is 6.03 Å². The van der Waals surface area contributed by atoms with Gasteiger partial charge in [-0.05, 0) is 48.4 Å². The van der Waals surface area contributed by atoms with E-state index in [1.165, 1.54) is 0 Å². The molecule has 190 valence electrons. The number of anilines is 1. The fraction of sp³-hybridized carbons (Fsp3) is 0.448. The number of carbonyl (C=O) groups is 1. The minimum Gasteiger partial charge on any atom is -0.455 e. The maximum atomic E-state index is 12.7. The van der Waals surface area contributed by atoms with Gasteiger partial charge in [0.15, 0.2) is 0 Å². The lowest BCUT2D eigenvalue weighted by Gasteiger charge is -2.26. The molecule has 2 amide bonds. The van der Waals surface area contributed by atoms with Gasteiger partial charge in [-0.3, -0.25) is 9.88 Å². The third kappa shape index (κ3) is 6.33.